The maximum atomic E-state index is 12.5. The van der Waals surface area contributed by atoms with E-state index in [0.29, 0.717) is 40.7 Å². The van der Waals surface area contributed by atoms with E-state index >= 15 is 0 Å². The maximum Gasteiger partial charge on any atom is 0.345 e. The molecule has 0 saturated heterocycles. The molecule has 3 aromatic rings. The average Bonchev–Trinajstić information content (AvgIpc) is 2.82. The number of rotatable bonds is 9. The highest BCUT2D eigenvalue weighted by molar-refractivity contribution is 5.91. The summed E-state index contributed by atoms with van der Waals surface area (Å²) in [5.74, 6) is 2.13. The van der Waals surface area contributed by atoms with Crippen LogP contribution in [0.4, 0.5) is 0 Å². The second-order valence-corrected chi connectivity index (χ2v) is 7.10. The number of benzene rings is 2. The number of hydrogen-bond donors (Lipinski definition) is 0. The summed E-state index contributed by atoms with van der Waals surface area (Å²) in [7, 11) is 6.30. The molecule has 0 aliphatic rings. The molecule has 0 N–H and O–H groups in total. The maximum absolute atomic E-state index is 12.5. The van der Waals surface area contributed by atoms with Crippen molar-refractivity contribution in [2.24, 2.45) is 0 Å². The minimum absolute atomic E-state index is 0.362. The van der Waals surface area contributed by atoms with Crippen LogP contribution in [0, 0.1) is 6.92 Å². The predicted molar refractivity (Wildman–Crippen MR) is 120 cm³/mol. The zero-order valence-electron chi connectivity index (χ0n) is 18.9. The van der Waals surface area contributed by atoms with Gasteiger partial charge in [0.25, 0.3) is 0 Å². The monoisotopic (exact) mass is 437 g/mol. The number of carbonyl (C=O) groups is 1. The van der Waals surface area contributed by atoms with Gasteiger partial charge >= 0.3 is 5.97 Å². The molecule has 7 nitrogen and oxygen atoms in total. The second-order valence-electron chi connectivity index (χ2n) is 7.10. The van der Waals surface area contributed by atoms with Crippen LogP contribution in [0.1, 0.15) is 27.2 Å². The number of ether oxygens (including phenoxy) is 5. The Morgan fingerprint density at radius 1 is 0.750 bits per heavy atom. The highest BCUT2D eigenvalue weighted by atomic mass is 16.6. The number of esters is 1. The molecule has 0 spiro atoms. The van der Waals surface area contributed by atoms with Crippen LogP contribution in [0.3, 0.4) is 0 Å². The number of aromatic nitrogens is 1. The Bertz CT molecular complexity index is 1050. The summed E-state index contributed by atoms with van der Waals surface area (Å²) in [6.07, 6.45) is 2.93. The van der Waals surface area contributed by atoms with E-state index in [1.54, 1.807) is 39.5 Å². The van der Waals surface area contributed by atoms with Crippen molar-refractivity contribution in [2.45, 2.75) is 19.8 Å². The van der Waals surface area contributed by atoms with Crippen LogP contribution in [-0.4, -0.2) is 39.4 Å². The van der Waals surface area contributed by atoms with Gasteiger partial charge in [-0.1, -0.05) is 6.07 Å². The van der Waals surface area contributed by atoms with Crippen LogP contribution in [0.2, 0.25) is 0 Å². The van der Waals surface area contributed by atoms with Crippen molar-refractivity contribution in [3.05, 3.63) is 71.0 Å². The van der Waals surface area contributed by atoms with E-state index in [0.717, 1.165) is 23.2 Å². The molecule has 0 fully saturated rings. The number of nitrogens with zero attached hydrogens (tertiary/aromatic N) is 1. The van der Waals surface area contributed by atoms with Gasteiger partial charge in [-0.2, -0.15) is 0 Å². The molecular weight excluding hydrogens is 410 g/mol. The lowest BCUT2D eigenvalue weighted by atomic mass is 10.0. The van der Waals surface area contributed by atoms with Crippen LogP contribution >= 0.6 is 0 Å². The van der Waals surface area contributed by atoms with E-state index in [4.69, 9.17) is 23.7 Å². The summed E-state index contributed by atoms with van der Waals surface area (Å²) in [6, 6.07) is 12.9. The third kappa shape index (κ3) is 5.29. The third-order valence-corrected chi connectivity index (χ3v) is 5.00. The standard InChI is InChI=1S/C25H27NO6/c1-16-6-10-19(15-26-16)25(27)32-21-12-17(9-11-20(21)28-2)7-8-18-13-22(29-3)24(31-5)23(14-18)30-4/h6,9-15H,7-8H2,1-5H3. The zero-order valence-corrected chi connectivity index (χ0v) is 18.9. The van der Waals surface area contributed by atoms with Crippen molar-refractivity contribution in [3.63, 3.8) is 0 Å². The molecule has 2 aromatic carbocycles. The Kier molecular flexibility index (Phi) is 7.54. The summed E-state index contributed by atoms with van der Waals surface area (Å²) in [5, 5.41) is 0. The average molecular weight is 437 g/mol. The molecule has 0 aliphatic heterocycles. The van der Waals surface area contributed by atoms with Crippen LogP contribution in [0.25, 0.3) is 0 Å². The lowest BCUT2D eigenvalue weighted by molar-refractivity contribution is 0.0729. The van der Waals surface area contributed by atoms with Crippen molar-refractivity contribution < 1.29 is 28.5 Å². The van der Waals surface area contributed by atoms with Crippen LogP contribution in [-0.2, 0) is 12.8 Å². The van der Waals surface area contributed by atoms with Gasteiger partial charge in [0, 0.05) is 11.9 Å². The lowest BCUT2D eigenvalue weighted by Gasteiger charge is -2.14. The van der Waals surface area contributed by atoms with Gasteiger partial charge in [0.15, 0.2) is 23.0 Å². The molecule has 1 aromatic heterocycles. The smallest absolute Gasteiger partial charge is 0.345 e. The van der Waals surface area contributed by atoms with E-state index in [-0.39, 0.29) is 0 Å². The van der Waals surface area contributed by atoms with E-state index in [1.807, 2.05) is 31.2 Å². The fourth-order valence-corrected chi connectivity index (χ4v) is 3.27. The number of pyridine rings is 1. The van der Waals surface area contributed by atoms with Gasteiger partial charge in [-0.25, -0.2) is 4.79 Å². The topological polar surface area (TPSA) is 76.1 Å². The summed E-state index contributed by atoms with van der Waals surface area (Å²) in [4.78, 5) is 16.7. The van der Waals surface area contributed by atoms with E-state index in [1.165, 1.54) is 13.3 Å². The van der Waals surface area contributed by atoms with Gasteiger partial charge in [-0.3, -0.25) is 4.98 Å². The quantitative estimate of drug-likeness (QED) is 0.362. The molecular formula is C25H27NO6. The van der Waals surface area contributed by atoms with Gasteiger partial charge in [0.05, 0.1) is 34.0 Å². The first-order valence-corrected chi connectivity index (χ1v) is 10.1. The first-order chi connectivity index (χ1) is 15.5. The molecule has 0 amide bonds. The van der Waals surface area contributed by atoms with E-state index in [2.05, 4.69) is 4.98 Å². The SMILES string of the molecule is COc1ccc(CCc2cc(OC)c(OC)c(OC)c2)cc1OC(=O)c1ccc(C)nc1. The number of hydrogen-bond acceptors (Lipinski definition) is 7. The Hall–Kier alpha value is -3.74. The largest absolute Gasteiger partial charge is 0.493 e. The van der Waals surface area contributed by atoms with Gasteiger partial charge < -0.3 is 23.7 Å². The molecule has 0 saturated carbocycles. The van der Waals surface area contributed by atoms with Crippen LogP contribution < -0.4 is 23.7 Å². The van der Waals surface area contributed by atoms with E-state index in [9.17, 15) is 4.79 Å². The van der Waals surface area contributed by atoms with E-state index < -0.39 is 5.97 Å². The molecule has 1 heterocycles. The van der Waals surface area contributed by atoms with Crippen molar-refractivity contribution in [2.75, 3.05) is 28.4 Å². The number of methoxy groups -OCH3 is 4. The van der Waals surface area contributed by atoms with Crippen LogP contribution in [0.15, 0.2) is 48.7 Å². The molecule has 0 radical (unpaired) electrons. The highest BCUT2D eigenvalue weighted by Gasteiger charge is 2.15. The number of aryl methyl sites for hydroxylation is 3. The predicted octanol–water partition coefficient (Wildman–Crippen LogP) is 4.43. The molecule has 0 unspecified atom stereocenters. The molecule has 0 bridgehead atoms. The van der Waals surface area contributed by atoms with Gasteiger partial charge in [-0.15, -0.1) is 0 Å². The zero-order chi connectivity index (χ0) is 23.1. The summed E-state index contributed by atoms with van der Waals surface area (Å²) < 4.78 is 27.2. The van der Waals surface area contributed by atoms with Gasteiger partial charge in [-0.05, 0) is 67.3 Å². The van der Waals surface area contributed by atoms with Gasteiger partial charge in [0.2, 0.25) is 5.75 Å². The van der Waals surface area contributed by atoms with Crippen molar-refractivity contribution >= 4 is 5.97 Å². The molecule has 0 atom stereocenters. The molecule has 168 valence electrons. The molecule has 7 heteroatoms. The normalized spacial score (nSPS) is 10.4. The van der Waals surface area contributed by atoms with Gasteiger partial charge in [0.1, 0.15) is 0 Å². The molecule has 0 aliphatic carbocycles. The van der Waals surface area contributed by atoms with Crippen LogP contribution in [0.5, 0.6) is 28.7 Å². The fourth-order valence-electron chi connectivity index (χ4n) is 3.27. The summed E-state index contributed by atoms with van der Waals surface area (Å²) in [6.45, 7) is 1.86. The van der Waals surface area contributed by atoms with Crippen molar-refractivity contribution in [1.29, 1.82) is 0 Å². The Labute approximate surface area is 187 Å². The van der Waals surface area contributed by atoms with Crippen molar-refractivity contribution in [3.8, 4) is 28.7 Å². The molecule has 32 heavy (non-hydrogen) atoms. The van der Waals surface area contributed by atoms with Crippen molar-refractivity contribution in [1.82, 2.24) is 4.98 Å². The minimum atomic E-state index is -0.488. The lowest BCUT2D eigenvalue weighted by Crippen LogP contribution is -2.10. The minimum Gasteiger partial charge on any atom is -0.493 e. The first kappa shape index (κ1) is 22.9. The Morgan fingerprint density at radius 3 is 1.94 bits per heavy atom. The molecule has 3 rings (SSSR count). The fraction of sp³-hybridized carbons (Fsp3) is 0.280. The Morgan fingerprint density at radius 2 is 1.38 bits per heavy atom. The number of carbonyl (C=O) groups excluding carboxylic acids is 1. The Balaban J connectivity index is 1.78. The second kappa shape index (κ2) is 10.5. The summed E-state index contributed by atoms with van der Waals surface area (Å²) in [5.41, 5.74) is 3.22. The first-order valence-electron chi connectivity index (χ1n) is 10.1. The summed E-state index contributed by atoms with van der Waals surface area (Å²) >= 11 is 0. The third-order valence-electron chi connectivity index (χ3n) is 5.00. The highest BCUT2D eigenvalue weighted by Crippen LogP contribution is 2.38.